The van der Waals surface area contributed by atoms with Gasteiger partial charge in [-0.25, -0.2) is 4.98 Å². The first-order chi connectivity index (χ1) is 38.7. The molecule has 1 aromatic heterocycles. The molecule has 0 saturated heterocycles. The molecule has 0 unspecified atom stereocenters. The average Bonchev–Trinajstić information content (AvgIpc) is 4.33. The Morgan fingerprint density at radius 2 is 0.731 bits per heavy atom. The molecular weight excluding hydrogens is 945 g/mol. The molecule has 360 valence electrons. The van der Waals surface area contributed by atoms with Crippen molar-refractivity contribution in [2.24, 2.45) is 4.99 Å². The van der Waals surface area contributed by atoms with E-state index in [2.05, 4.69) is 231 Å². The number of aliphatic imine (C=N–C) groups is 1. The molecule has 3 nitrogen and oxygen atoms in total. The normalized spacial score (nSPS) is 14.5. The highest BCUT2D eigenvalue weighted by molar-refractivity contribution is 6.48. The van der Waals surface area contributed by atoms with Crippen molar-refractivity contribution in [3.8, 4) is 0 Å². The maximum atomic E-state index is 6.52. The van der Waals surface area contributed by atoms with Gasteiger partial charge in [0.1, 0.15) is 5.52 Å². The molecule has 3 heteroatoms. The molecule has 0 atom stereocenters. The highest BCUT2D eigenvalue weighted by Crippen LogP contribution is 2.62. The smallest absolute Gasteiger partial charge is 0.228 e. The summed E-state index contributed by atoms with van der Waals surface area (Å²) in [6.07, 6.45) is 0.856. The summed E-state index contributed by atoms with van der Waals surface area (Å²) in [4.78, 5) is 10.3. The Balaban J connectivity index is 0.000000126. The van der Waals surface area contributed by atoms with Gasteiger partial charge in [-0.15, -0.1) is 0 Å². The van der Waals surface area contributed by atoms with E-state index in [0.29, 0.717) is 5.89 Å². The van der Waals surface area contributed by atoms with E-state index in [-0.39, 0.29) is 0 Å². The third-order valence-corrected chi connectivity index (χ3v) is 16.8. The SMILES string of the molecule is c1ccc(C2=C3C(=C(C4=Nc5ccccc5C4)c4c3ccc3ccccc43)c3cc4ccccc4cc32)cc1.c1ccc(C2=C3C(=C(c4nc5ccccc5o4)c4c3ccc3ccccc43)c3cc4ccccc4cc32)cc1. The minimum atomic E-state index is 0.673. The van der Waals surface area contributed by atoms with Gasteiger partial charge in [-0.2, -0.15) is 0 Å². The molecule has 18 rings (SSSR count). The Bertz CT molecular complexity index is 4930. The summed E-state index contributed by atoms with van der Waals surface area (Å²) < 4.78 is 6.52. The molecule has 0 spiro atoms. The van der Waals surface area contributed by atoms with E-state index in [1.54, 1.807) is 0 Å². The fraction of sp³-hybridized carbons (Fsp3) is 0.0133. The Morgan fingerprint density at radius 3 is 1.27 bits per heavy atom. The first-order valence-electron chi connectivity index (χ1n) is 26.9. The Morgan fingerprint density at radius 1 is 0.308 bits per heavy atom. The number of allylic oxidation sites excluding steroid dienone is 5. The number of hydrogen-bond acceptors (Lipinski definition) is 3. The Kier molecular flexibility index (Phi) is 9.19. The lowest BCUT2D eigenvalue weighted by atomic mass is 9.88. The van der Waals surface area contributed by atoms with Crippen LogP contribution in [0.15, 0.2) is 264 Å². The van der Waals surface area contributed by atoms with Crippen LogP contribution in [0.25, 0.3) is 98.8 Å². The fourth-order valence-corrected chi connectivity index (χ4v) is 13.5. The van der Waals surface area contributed by atoms with Crippen LogP contribution in [0, 0.1) is 0 Å². The third kappa shape index (κ3) is 6.27. The second-order valence-electron chi connectivity index (χ2n) is 21.0. The van der Waals surface area contributed by atoms with E-state index in [0.717, 1.165) is 28.8 Å². The van der Waals surface area contributed by atoms with Crippen LogP contribution < -0.4 is 0 Å². The predicted octanol–water partition coefficient (Wildman–Crippen LogP) is 18.9. The standard InChI is InChI=1S/C38H23N.C37H21NO/c1-2-11-24(12-3-1)34-30-20-25-13-4-5-14-26(25)21-31(30)37-36(34)29-19-18-23-10-6-8-16-28(23)35(29)38(37)33-22-27-15-7-9-17-32(27)39-33;1-2-11-23(12-3-1)32-28-20-24-13-4-5-14-25(24)21-29(28)35-34(32)27-19-18-22-10-6-7-15-26(22)33(27)36(35)37-38-30-16-8-9-17-31(30)39-37/h1-21H,22H2;1-21H. The van der Waals surface area contributed by atoms with Crippen molar-refractivity contribution >= 4 is 110 Å². The summed E-state index contributed by atoms with van der Waals surface area (Å²) in [5, 5.41) is 10.0. The number of para-hydroxylation sites is 3. The van der Waals surface area contributed by atoms with Crippen LogP contribution in [-0.2, 0) is 6.42 Å². The molecule has 0 amide bonds. The van der Waals surface area contributed by atoms with E-state index in [9.17, 15) is 0 Å². The number of rotatable bonds is 4. The minimum absolute atomic E-state index is 0.673. The van der Waals surface area contributed by atoms with Crippen molar-refractivity contribution in [3.05, 3.63) is 322 Å². The maximum Gasteiger partial charge on any atom is 0.228 e. The van der Waals surface area contributed by atoms with Crippen LogP contribution >= 0.6 is 0 Å². The van der Waals surface area contributed by atoms with E-state index >= 15 is 0 Å². The Labute approximate surface area is 450 Å². The van der Waals surface area contributed by atoms with Crippen LogP contribution in [0.4, 0.5) is 5.69 Å². The van der Waals surface area contributed by atoms with Crippen LogP contribution in [0.2, 0.25) is 0 Å². The lowest BCUT2D eigenvalue weighted by molar-refractivity contribution is 0.586. The van der Waals surface area contributed by atoms with Gasteiger partial charge in [-0.05, 0) is 163 Å². The van der Waals surface area contributed by atoms with Crippen molar-refractivity contribution in [1.82, 2.24) is 4.98 Å². The minimum Gasteiger partial charge on any atom is -0.436 e. The van der Waals surface area contributed by atoms with Gasteiger partial charge >= 0.3 is 0 Å². The summed E-state index contributed by atoms with van der Waals surface area (Å²) in [7, 11) is 0. The number of nitrogens with zero attached hydrogens (tertiary/aromatic N) is 2. The van der Waals surface area contributed by atoms with Gasteiger partial charge in [-0.1, -0.05) is 212 Å². The van der Waals surface area contributed by atoms with E-state index in [1.165, 1.54) is 149 Å². The summed E-state index contributed by atoms with van der Waals surface area (Å²) >= 11 is 0. The molecule has 5 aliphatic rings. The molecule has 12 aromatic carbocycles. The molecule has 0 saturated carbocycles. The molecule has 4 aliphatic carbocycles. The largest absolute Gasteiger partial charge is 0.436 e. The van der Waals surface area contributed by atoms with Crippen LogP contribution in [0.1, 0.15) is 67.1 Å². The van der Waals surface area contributed by atoms with Gasteiger partial charge in [0.25, 0.3) is 0 Å². The number of aromatic nitrogens is 1. The van der Waals surface area contributed by atoms with Crippen molar-refractivity contribution < 1.29 is 4.42 Å². The number of fused-ring (bicyclic) bond motifs is 18. The van der Waals surface area contributed by atoms with Gasteiger partial charge in [0, 0.05) is 28.7 Å². The fourth-order valence-electron chi connectivity index (χ4n) is 13.5. The third-order valence-electron chi connectivity index (χ3n) is 16.8. The van der Waals surface area contributed by atoms with E-state index in [4.69, 9.17) is 14.4 Å². The average molecular weight is 989 g/mol. The molecule has 0 bridgehead atoms. The van der Waals surface area contributed by atoms with Gasteiger partial charge < -0.3 is 4.42 Å². The summed E-state index contributed by atoms with van der Waals surface area (Å²) in [6.45, 7) is 0. The lowest BCUT2D eigenvalue weighted by Gasteiger charge is -2.14. The van der Waals surface area contributed by atoms with Gasteiger partial charge in [0.15, 0.2) is 5.58 Å². The van der Waals surface area contributed by atoms with Crippen LogP contribution in [0.3, 0.4) is 0 Å². The summed E-state index contributed by atoms with van der Waals surface area (Å²) in [5.41, 5.74) is 28.1. The van der Waals surface area contributed by atoms with Gasteiger partial charge in [-0.3, -0.25) is 4.99 Å². The highest BCUT2D eigenvalue weighted by Gasteiger charge is 2.42. The first kappa shape index (κ1) is 43.1. The zero-order valence-corrected chi connectivity index (χ0v) is 42.3. The molecule has 0 radical (unpaired) electrons. The first-order valence-corrected chi connectivity index (χ1v) is 26.9. The Hall–Kier alpha value is -10.2. The number of hydrogen-bond donors (Lipinski definition) is 0. The van der Waals surface area contributed by atoms with E-state index < -0.39 is 0 Å². The van der Waals surface area contributed by atoms with E-state index in [1.807, 2.05) is 24.3 Å². The summed E-state index contributed by atoms with van der Waals surface area (Å²) in [5.74, 6) is 0.673. The molecule has 2 heterocycles. The number of benzene rings is 12. The zero-order chi connectivity index (χ0) is 51.0. The zero-order valence-electron chi connectivity index (χ0n) is 42.3. The van der Waals surface area contributed by atoms with Crippen molar-refractivity contribution in [3.63, 3.8) is 0 Å². The summed E-state index contributed by atoms with van der Waals surface area (Å²) in [6, 6.07) is 91.8. The molecule has 0 N–H and O–H groups in total. The second kappa shape index (κ2) is 16.6. The van der Waals surface area contributed by atoms with Crippen molar-refractivity contribution in [2.75, 3.05) is 0 Å². The van der Waals surface area contributed by atoms with Crippen LogP contribution in [0.5, 0.6) is 0 Å². The molecule has 78 heavy (non-hydrogen) atoms. The molecule has 13 aromatic rings. The molecule has 1 aliphatic heterocycles. The predicted molar refractivity (Wildman–Crippen MR) is 324 cm³/mol. The maximum absolute atomic E-state index is 6.52. The van der Waals surface area contributed by atoms with Crippen molar-refractivity contribution in [1.29, 1.82) is 0 Å². The molecule has 0 fully saturated rings. The van der Waals surface area contributed by atoms with Crippen molar-refractivity contribution in [2.45, 2.75) is 6.42 Å². The lowest BCUT2D eigenvalue weighted by Crippen LogP contribution is -2.03. The monoisotopic (exact) mass is 988 g/mol. The second-order valence-corrected chi connectivity index (χ2v) is 21.0. The van der Waals surface area contributed by atoms with Crippen LogP contribution in [-0.4, -0.2) is 10.7 Å². The quantitative estimate of drug-likeness (QED) is 0.176. The number of oxazole rings is 1. The highest BCUT2D eigenvalue weighted by atomic mass is 16.3. The topological polar surface area (TPSA) is 38.4 Å². The van der Waals surface area contributed by atoms with Gasteiger partial charge in [0.05, 0.1) is 17.0 Å². The molecular formula is C75H44N2O. The van der Waals surface area contributed by atoms with Gasteiger partial charge in [0.2, 0.25) is 5.89 Å².